The Morgan fingerprint density at radius 2 is 0.581 bits per heavy atom. The van der Waals surface area contributed by atoms with Gasteiger partial charge in [-0.1, -0.05) is 0 Å². The molecule has 5 aromatic rings. The highest BCUT2D eigenvalue weighted by molar-refractivity contribution is 6.09. The summed E-state index contributed by atoms with van der Waals surface area (Å²) in [6, 6.07) is 14.6. The number of amides is 10. The van der Waals surface area contributed by atoms with Crippen LogP contribution in [-0.4, -0.2) is 175 Å². The van der Waals surface area contributed by atoms with Crippen LogP contribution < -0.4 is 127 Å². The summed E-state index contributed by atoms with van der Waals surface area (Å²) in [6.45, 7) is 2.07. The number of benzene rings is 5. The van der Waals surface area contributed by atoms with Crippen molar-refractivity contribution in [2.24, 2.45) is 34.4 Å². The zero-order valence-electron chi connectivity index (χ0n) is 58.6. The number of nitrogens with two attached hydrogens (primary N) is 6. The highest BCUT2D eigenvalue weighted by Crippen LogP contribution is 2.29. The summed E-state index contributed by atoms with van der Waals surface area (Å²) in [5, 5.41) is 64.7. The van der Waals surface area contributed by atoms with Crippen molar-refractivity contribution in [1.29, 1.82) is 21.6 Å². The van der Waals surface area contributed by atoms with E-state index in [1.165, 1.54) is 133 Å². The van der Waals surface area contributed by atoms with Crippen LogP contribution in [0.4, 0.5) is 28.4 Å². The van der Waals surface area contributed by atoms with Crippen LogP contribution in [0.5, 0.6) is 28.7 Å². The van der Waals surface area contributed by atoms with E-state index in [0.29, 0.717) is 13.0 Å². The topological polar surface area (TPSA) is 625 Å². The highest BCUT2D eigenvalue weighted by atomic mass is 16.5. The first-order chi connectivity index (χ1) is 50.0. The third-order valence-electron chi connectivity index (χ3n) is 15.5. The third kappa shape index (κ3) is 26.1. The van der Waals surface area contributed by atoms with E-state index in [2.05, 4.69) is 69.1 Å². The molecule has 564 valence electrons. The maximum Gasteiger partial charge on any atom is 0.255 e. The van der Waals surface area contributed by atoms with Crippen LogP contribution in [0.3, 0.4) is 0 Å². The van der Waals surface area contributed by atoms with Crippen molar-refractivity contribution in [1.82, 2.24) is 42.5 Å². The summed E-state index contributed by atoms with van der Waals surface area (Å²) < 4.78 is 27.2. The lowest BCUT2D eigenvalue weighted by Gasteiger charge is -2.22. The average Bonchev–Trinajstić information content (AvgIpc) is 0.842. The molecule has 0 spiro atoms. The Kier molecular flexibility index (Phi) is 32.2. The third-order valence-corrected chi connectivity index (χ3v) is 15.5. The van der Waals surface area contributed by atoms with Crippen LogP contribution in [-0.2, 0) is 24.0 Å². The van der Waals surface area contributed by atoms with Crippen LogP contribution in [0.25, 0.3) is 0 Å². The summed E-state index contributed by atoms with van der Waals surface area (Å²) in [7, 11) is 6.52. The number of carbonyl (C=O) groups is 10. The maximum absolute atomic E-state index is 14.5. The van der Waals surface area contributed by atoms with Crippen LogP contribution in [0.15, 0.2) is 91.0 Å². The SMILES string of the molecule is COc1ccc(NC(=O)C(CCCNC(=N)N)NC(=O)c2cc(NC(=O)C(CCCNC(=N)N)NC(=O)c3cc(NC(=O)C(CCCNC(=N)N)NC(=O)c4cc(NC(=O)C(C)NC(=O)c5cc(NC(=O)C(N)CCCNC(=N)N)ccc5OC)ccc4OC)ccc3OC)ccc2OC)cc1C(N)=O. The van der Waals surface area contributed by atoms with E-state index in [4.69, 9.17) is 79.7 Å². The van der Waals surface area contributed by atoms with Gasteiger partial charge in [0.15, 0.2) is 23.8 Å². The second kappa shape index (κ2) is 40.9. The van der Waals surface area contributed by atoms with Gasteiger partial charge in [0, 0.05) is 54.6 Å². The Morgan fingerprint density at radius 1 is 0.343 bits per heavy atom. The number of hydrogen-bond acceptors (Lipinski definition) is 20. The minimum atomic E-state index is -1.36. The first-order valence-corrected chi connectivity index (χ1v) is 32.5. The summed E-state index contributed by atoms with van der Waals surface area (Å²) in [5.74, 6) is -8.65. The van der Waals surface area contributed by atoms with Crippen molar-refractivity contribution in [2.45, 2.75) is 88.5 Å². The first kappa shape index (κ1) is 82.5. The molecule has 0 aliphatic heterocycles. The van der Waals surface area contributed by atoms with Crippen molar-refractivity contribution < 1.29 is 71.6 Å². The Morgan fingerprint density at radius 3 is 0.848 bits per heavy atom. The van der Waals surface area contributed by atoms with E-state index in [1.807, 2.05) is 0 Å². The van der Waals surface area contributed by atoms with Gasteiger partial charge >= 0.3 is 0 Å². The largest absolute Gasteiger partial charge is 0.496 e. The molecule has 5 unspecified atom stereocenters. The molecule has 5 atom stereocenters. The molecule has 0 aliphatic rings. The van der Waals surface area contributed by atoms with Crippen molar-refractivity contribution >= 4 is 111 Å². The molecule has 0 radical (unpaired) electrons. The number of anilines is 5. The van der Waals surface area contributed by atoms with Crippen molar-refractivity contribution in [3.05, 3.63) is 119 Å². The molecular formula is C67H91N23O15. The standard InChI is InChI=1S/C67H91N23O15/c1-34(82-56(93)41-31-37(17-22-50(41)102-3)84-60(97)45(68)11-7-25-78-64(70)71)55(92)83-36-16-21-51(103-4)42(30-36)57(94)89-47(13-9-27-80-66(74)75)62(99)86-39-19-24-53(105-6)44(33-39)59(96)90-48(14-10-28-81-67(76)77)63(100)87-38-18-23-52(104-5)43(32-38)58(95)88-46(12-8-26-79-65(72)73)61(98)85-35-15-20-49(101-2)40(29-35)54(69)91/h15-24,29-34,45-48H,7-14,25-28,68H2,1-6H3,(H2,69,91)(H,82,93)(H,83,92)(H,84,97)(H,85,98)(H,86,99)(H,87,100)(H,88,95)(H,89,94)(H,90,96)(H4,70,71,78)(H4,72,73,79)(H4,74,75,80)(H4,76,77,81). The molecule has 5 rings (SSSR count). The number of ether oxygens (including phenoxy) is 5. The molecule has 0 saturated carbocycles. The van der Waals surface area contributed by atoms with Crippen LogP contribution >= 0.6 is 0 Å². The van der Waals surface area contributed by atoms with Gasteiger partial charge in [-0.15, -0.1) is 0 Å². The van der Waals surface area contributed by atoms with Crippen LogP contribution in [0, 0.1) is 21.6 Å². The number of hydrogen-bond donors (Lipinski definition) is 23. The van der Waals surface area contributed by atoms with Crippen molar-refractivity contribution in [3.63, 3.8) is 0 Å². The minimum Gasteiger partial charge on any atom is -0.496 e. The van der Waals surface area contributed by atoms with Gasteiger partial charge in [0.05, 0.1) is 69.4 Å². The molecule has 10 amide bonds. The van der Waals surface area contributed by atoms with Gasteiger partial charge in [-0.25, -0.2) is 0 Å². The minimum absolute atomic E-state index is 0.00529. The summed E-state index contributed by atoms with van der Waals surface area (Å²) in [4.78, 5) is 138. The lowest BCUT2D eigenvalue weighted by molar-refractivity contribution is -0.118. The molecule has 0 aliphatic carbocycles. The fraction of sp³-hybridized carbons (Fsp3) is 0.343. The van der Waals surface area contributed by atoms with E-state index >= 15 is 0 Å². The van der Waals surface area contributed by atoms with E-state index in [1.54, 1.807) is 0 Å². The predicted octanol–water partition coefficient (Wildman–Crippen LogP) is 0.116. The predicted molar refractivity (Wildman–Crippen MR) is 392 cm³/mol. The quantitative estimate of drug-likeness (QED) is 0.0141. The Hall–Kier alpha value is -13.2. The van der Waals surface area contributed by atoms with E-state index in [-0.39, 0.29) is 173 Å². The van der Waals surface area contributed by atoms with Gasteiger partial charge in [0.25, 0.3) is 29.5 Å². The highest BCUT2D eigenvalue weighted by Gasteiger charge is 2.30. The second-order valence-electron chi connectivity index (χ2n) is 23.2. The van der Waals surface area contributed by atoms with Gasteiger partial charge in [-0.3, -0.25) is 69.6 Å². The Bertz CT molecular complexity index is 4030. The number of nitrogens with one attached hydrogen (secondary N) is 17. The molecule has 38 heteroatoms. The fourth-order valence-corrected chi connectivity index (χ4v) is 10.1. The Balaban J connectivity index is 1.34. The van der Waals surface area contributed by atoms with E-state index in [9.17, 15) is 47.9 Å². The fourth-order valence-electron chi connectivity index (χ4n) is 10.1. The molecule has 0 fully saturated rings. The van der Waals surface area contributed by atoms with E-state index in [0.717, 1.165) is 0 Å². The molecule has 5 aromatic carbocycles. The number of primary amides is 1. The summed E-state index contributed by atoms with van der Waals surface area (Å²) in [5.41, 5.74) is 33.4. The van der Waals surface area contributed by atoms with Gasteiger partial charge in [-0.05, 0) is 149 Å². The lowest BCUT2D eigenvalue weighted by Crippen LogP contribution is -2.45. The summed E-state index contributed by atoms with van der Waals surface area (Å²) >= 11 is 0. The number of methoxy groups -OCH3 is 5. The molecule has 0 aromatic heterocycles. The average molecular weight is 1460 g/mol. The maximum atomic E-state index is 14.5. The van der Waals surface area contributed by atoms with Crippen molar-refractivity contribution in [3.8, 4) is 28.7 Å². The molecule has 29 N–H and O–H groups in total. The van der Waals surface area contributed by atoms with E-state index < -0.39 is 89.3 Å². The van der Waals surface area contributed by atoms with Crippen molar-refractivity contribution in [2.75, 3.05) is 88.3 Å². The molecule has 0 bridgehead atoms. The monoisotopic (exact) mass is 1460 g/mol. The number of guanidine groups is 4. The van der Waals surface area contributed by atoms with Gasteiger partial charge in [0.2, 0.25) is 29.5 Å². The van der Waals surface area contributed by atoms with Crippen LogP contribution in [0.1, 0.15) is 110 Å². The zero-order chi connectivity index (χ0) is 77.4. The molecule has 38 nitrogen and oxygen atoms in total. The summed E-state index contributed by atoms with van der Waals surface area (Å²) in [6.07, 6.45) is 1.12. The molecule has 0 saturated heterocycles. The van der Waals surface area contributed by atoms with Crippen LogP contribution in [0.2, 0.25) is 0 Å². The second-order valence-corrected chi connectivity index (χ2v) is 23.2. The molecular weight excluding hydrogens is 1370 g/mol. The number of rotatable bonds is 40. The van der Waals surface area contributed by atoms with Gasteiger partial charge in [-0.2, -0.15) is 0 Å². The van der Waals surface area contributed by atoms with Gasteiger partial charge in [0.1, 0.15) is 52.9 Å². The first-order valence-electron chi connectivity index (χ1n) is 32.5. The normalized spacial score (nSPS) is 12.0. The molecule has 0 heterocycles. The molecule has 105 heavy (non-hydrogen) atoms. The lowest BCUT2D eigenvalue weighted by atomic mass is 10.1. The Labute approximate surface area is 603 Å². The zero-order valence-corrected chi connectivity index (χ0v) is 58.6. The smallest absolute Gasteiger partial charge is 0.255 e. The van der Waals surface area contributed by atoms with Gasteiger partial charge < -0.3 is 127 Å². The number of carbonyl (C=O) groups excluding carboxylic acids is 10.